The molecule has 0 saturated carbocycles. The van der Waals surface area contributed by atoms with Crippen molar-refractivity contribution in [2.75, 3.05) is 13.7 Å². The smallest absolute Gasteiger partial charge is 0.134 e. The number of rotatable bonds is 8. The molecule has 0 unspecified atom stereocenters. The van der Waals surface area contributed by atoms with Crippen molar-refractivity contribution in [3.63, 3.8) is 0 Å². The molecule has 0 radical (unpaired) electrons. The fourth-order valence-corrected chi connectivity index (χ4v) is 4.08. The van der Waals surface area contributed by atoms with Crippen molar-refractivity contribution in [2.45, 2.75) is 25.7 Å². The molecule has 0 aliphatic rings. The number of methoxy groups -OCH3 is 1. The van der Waals surface area contributed by atoms with Gasteiger partial charge in [-0.05, 0) is 83.7 Å². The Bertz CT molecular complexity index is 1240. The highest BCUT2D eigenvalue weighted by Crippen LogP contribution is 2.32. The summed E-state index contributed by atoms with van der Waals surface area (Å²) in [5.74, 6) is -1.94. The van der Waals surface area contributed by atoms with Crippen LogP contribution in [0.25, 0.3) is 21.9 Å². The van der Waals surface area contributed by atoms with Gasteiger partial charge in [0, 0.05) is 19.1 Å². The maximum absolute atomic E-state index is 15.1. The summed E-state index contributed by atoms with van der Waals surface area (Å²) in [4.78, 5) is 0. The lowest BCUT2D eigenvalue weighted by Gasteiger charge is -2.11. The van der Waals surface area contributed by atoms with E-state index in [4.69, 9.17) is 4.74 Å². The molecular weight excluding hydrogens is 428 g/mol. The summed E-state index contributed by atoms with van der Waals surface area (Å²) < 4.78 is 62.7. The van der Waals surface area contributed by atoms with E-state index in [2.05, 4.69) is 0 Å². The van der Waals surface area contributed by atoms with E-state index in [1.54, 1.807) is 49.6 Å². The van der Waals surface area contributed by atoms with E-state index in [0.717, 1.165) is 5.56 Å². The number of benzene rings is 4. The molecule has 0 atom stereocenters. The van der Waals surface area contributed by atoms with Crippen molar-refractivity contribution >= 4 is 10.8 Å². The molecule has 33 heavy (non-hydrogen) atoms. The Hall–Kier alpha value is -3.18. The molecule has 5 heteroatoms. The van der Waals surface area contributed by atoms with Crippen LogP contribution in [0.2, 0.25) is 0 Å². The Morgan fingerprint density at radius 3 is 2.12 bits per heavy atom. The monoisotopic (exact) mass is 452 g/mol. The number of ether oxygens (including phenoxy) is 1. The second-order valence-electron chi connectivity index (χ2n) is 8.13. The van der Waals surface area contributed by atoms with Crippen LogP contribution in [0.15, 0.2) is 66.7 Å². The third kappa shape index (κ3) is 5.25. The number of aryl methyl sites for hydroxylation is 3. The highest BCUT2D eigenvalue weighted by atomic mass is 19.1. The number of halogens is 4. The molecule has 0 bridgehead atoms. The van der Waals surface area contributed by atoms with Crippen LogP contribution in [-0.4, -0.2) is 13.7 Å². The zero-order valence-electron chi connectivity index (χ0n) is 18.3. The van der Waals surface area contributed by atoms with Crippen molar-refractivity contribution in [2.24, 2.45) is 0 Å². The molecule has 4 aromatic carbocycles. The van der Waals surface area contributed by atoms with Crippen LogP contribution in [0.5, 0.6) is 0 Å². The van der Waals surface area contributed by atoms with E-state index in [1.807, 2.05) is 0 Å². The van der Waals surface area contributed by atoms with Gasteiger partial charge in [-0.15, -0.1) is 0 Å². The lowest BCUT2D eigenvalue weighted by atomic mass is 9.96. The first-order valence-electron chi connectivity index (χ1n) is 10.9. The largest absolute Gasteiger partial charge is 0.385 e. The summed E-state index contributed by atoms with van der Waals surface area (Å²) in [5.41, 5.74) is 2.27. The third-order valence-corrected chi connectivity index (χ3v) is 5.83. The Labute approximate surface area is 190 Å². The van der Waals surface area contributed by atoms with Crippen molar-refractivity contribution < 1.29 is 22.3 Å². The summed E-state index contributed by atoms with van der Waals surface area (Å²) in [7, 11) is 1.58. The molecule has 0 saturated heterocycles. The van der Waals surface area contributed by atoms with E-state index in [0.29, 0.717) is 59.8 Å². The van der Waals surface area contributed by atoms with Gasteiger partial charge in [-0.1, -0.05) is 36.4 Å². The summed E-state index contributed by atoms with van der Waals surface area (Å²) >= 11 is 0. The van der Waals surface area contributed by atoms with Crippen molar-refractivity contribution in [3.05, 3.63) is 107 Å². The van der Waals surface area contributed by atoms with Crippen LogP contribution in [-0.2, 0) is 24.0 Å². The topological polar surface area (TPSA) is 9.23 Å². The molecule has 0 aliphatic carbocycles. The average Bonchev–Trinajstić information content (AvgIpc) is 2.79. The van der Waals surface area contributed by atoms with Gasteiger partial charge in [0.15, 0.2) is 0 Å². The highest BCUT2D eigenvalue weighted by molar-refractivity contribution is 5.88. The zero-order chi connectivity index (χ0) is 23.4. The minimum Gasteiger partial charge on any atom is -0.385 e. The van der Waals surface area contributed by atoms with Crippen LogP contribution in [0.3, 0.4) is 0 Å². The molecule has 0 N–H and O–H groups in total. The maximum atomic E-state index is 15.1. The SMILES string of the molecule is COCCCc1cc(F)c(-c2ccc3c(F)c(CCc4ccc(F)cc4)ccc3c2)c(F)c1. The third-order valence-electron chi connectivity index (χ3n) is 5.83. The van der Waals surface area contributed by atoms with Gasteiger partial charge in [0.25, 0.3) is 0 Å². The Balaban J connectivity index is 1.58. The molecule has 0 aliphatic heterocycles. The normalized spacial score (nSPS) is 11.3. The molecule has 4 rings (SSSR count). The fraction of sp³-hybridized carbons (Fsp3) is 0.214. The minimum absolute atomic E-state index is 0.117. The van der Waals surface area contributed by atoms with Crippen LogP contribution in [0.1, 0.15) is 23.1 Å². The van der Waals surface area contributed by atoms with E-state index < -0.39 is 11.6 Å². The summed E-state index contributed by atoms with van der Waals surface area (Å²) in [6, 6.07) is 17.0. The molecule has 0 fully saturated rings. The molecule has 4 aromatic rings. The molecule has 170 valence electrons. The summed E-state index contributed by atoms with van der Waals surface area (Å²) in [6.07, 6.45) is 2.23. The number of hydrogen-bond donors (Lipinski definition) is 0. The first-order valence-corrected chi connectivity index (χ1v) is 10.9. The van der Waals surface area contributed by atoms with Gasteiger partial charge in [0.05, 0.1) is 5.56 Å². The van der Waals surface area contributed by atoms with Crippen LogP contribution in [0, 0.1) is 23.3 Å². The Morgan fingerprint density at radius 2 is 1.42 bits per heavy atom. The lowest BCUT2D eigenvalue weighted by Crippen LogP contribution is -1.98. The average molecular weight is 452 g/mol. The molecular formula is C28H24F4O. The van der Waals surface area contributed by atoms with Gasteiger partial charge in [-0.3, -0.25) is 0 Å². The summed E-state index contributed by atoms with van der Waals surface area (Å²) in [6.45, 7) is 0.521. The van der Waals surface area contributed by atoms with Gasteiger partial charge in [0.2, 0.25) is 0 Å². The molecule has 0 aromatic heterocycles. The molecule has 1 nitrogen and oxygen atoms in total. The predicted octanol–water partition coefficient (Wildman–Crippen LogP) is 7.43. The van der Waals surface area contributed by atoms with E-state index in [1.165, 1.54) is 24.3 Å². The lowest BCUT2D eigenvalue weighted by molar-refractivity contribution is 0.195. The Morgan fingerprint density at radius 1 is 0.697 bits per heavy atom. The van der Waals surface area contributed by atoms with Gasteiger partial charge < -0.3 is 4.74 Å². The quantitative estimate of drug-likeness (QED) is 0.200. The number of fused-ring (bicyclic) bond motifs is 1. The maximum Gasteiger partial charge on any atom is 0.134 e. The summed E-state index contributed by atoms with van der Waals surface area (Å²) in [5, 5.41) is 0.964. The van der Waals surface area contributed by atoms with Crippen LogP contribution in [0.4, 0.5) is 17.6 Å². The molecule has 0 amide bonds. The van der Waals surface area contributed by atoms with Gasteiger partial charge in [-0.2, -0.15) is 0 Å². The molecule has 0 heterocycles. The Kier molecular flexibility index (Phi) is 7.09. The van der Waals surface area contributed by atoms with E-state index in [-0.39, 0.29) is 17.2 Å². The predicted molar refractivity (Wildman–Crippen MR) is 123 cm³/mol. The van der Waals surface area contributed by atoms with E-state index >= 15 is 4.39 Å². The van der Waals surface area contributed by atoms with Gasteiger partial charge >= 0.3 is 0 Å². The fourth-order valence-electron chi connectivity index (χ4n) is 4.08. The highest BCUT2D eigenvalue weighted by Gasteiger charge is 2.15. The van der Waals surface area contributed by atoms with Crippen molar-refractivity contribution in [3.8, 4) is 11.1 Å². The zero-order valence-corrected chi connectivity index (χ0v) is 18.3. The standard InChI is InChI=1S/C28H24F4O/c1-33-14-2-3-19-15-25(30)27(26(31)16-19)22-10-13-24-21(17-22)9-8-20(28(24)32)7-4-18-5-11-23(29)12-6-18/h5-6,8-13,15-17H,2-4,7,14H2,1H3. The first kappa shape index (κ1) is 23.0. The van der Waals surface area contributed by atoms with Crippen LogP contribution < -0.4 is 0 Å². The minimum atomic E-state index is -0.641. The van der Waals surface area contributed by atoms with Gasteiger partial charge in [-0.25, -0.2) is 17.6 Å². The number of hydrogen-bond acceptors (Lipinski definition) is 1. The molecule has 0 spiro atoms. The second-order valence-corrected chi connectivity index (χ2v) is 8.13. The van der Waals surface area contributed by atoms with Crippen LogP contribution >= 0.6 is 0 Å². The second kappa shape index (κ2) is 10.2. The van der Waals surface area contributed by atoms with Gasteiger partial charge in [0.1, 0.15) is 23.3 Å². The van der Waals surface area contributed by atoms with E-state index in [9.17, 15) is 13.2 Å². The first-order chi connectivity index (χ1) is 16.0. The van der Waals surface area contributed by atoms with Crippen molar-refractivity contribution in [1.29, 1.82) is 0 Å². The van der Waals surface area contributed by atoms with Crippen molar-refractivity contribution in [1.82, 2.24) is 0 Å².